The number of benzene rings is 3. The number of hydrogen-bond acceptors (Lipinski definition) is 3. The van der Waals surface area contributed by atoms with E-state index in [2.05, 4.69) is 79.2 Å². The number of nitrogens with one attached hydrogen (secondary N) is 1. The van der Waals surface area contributed by atoms with Gasteiger partial charge < -0.3 is 9.88 Å². The molecule has 4 rings (SSSR count). The minimum absolute atomic E-state index is 0.128. The van der Waals surface area contributed by atoms with Gasteiger partial charge in [0.1, 0.15) is 0 Å². The van der Waals surface area contributed by atoms with Gasteiger partial charge in [-0.3, -0.25) is 4.79 Å². The normalized spacial score (nSPS) is 11.6. The lowest BCUT2D eigenvalue weighted by Crippen LogP contribution is -2.28. The van der Waals surface area contributed by atoms with Crippen LogP contribution < -0.4 is 5.32 Å². The molecule has 0 atom stereocenters. The summed E-state index contributed by atoms with van der Waals surface area (Å²) in [7, 11) is 0. The van der Waals surface area contributed by atoms with Crippen LogP contribution in [-0.2, 0) is 12.0 Å². The average Bonchev–Trinajstić information content (AvgIpc) is 3.17. The third-order valence-electron chi connectivity index (χ3n) is 5.96. The monoisotopic (exact) mass is 411 g/mol. The van der Waals surface area contributed by atoms with Crippen molar-refractivity contribution in [1.82, 2.24) is 9.55 Å². The largest absolute Gasteiger partial charge is 0.326 e. The number of imidazole rings is 1. The summed E-state index contributed by atoms with van der Waals surface area (Å²) in [5.74, 6) is 0.887. The van der Waals surface area contributed by atoms with E-state index in [-0.39, 0.29) is 11.3 Å². The van der Waals surface area contributed by atoms with Crippen molar-refractivity contribution in [2.24, 2.45) is 0 Å². The van der Waals surface area contributed by atoms with Crippen LogP contribution in [0.25, 0.3) is 11.0 Å². The Morgan fingerprint density at radius 2 is 1.68 bits per heavy atom. The van der Waals surface area contributed by atoms with Crippen molar-refractivity contribution in [3.8, 4) is 0 Å². The number of rotatable bonds is 7. The zero-order valence-electron chi connectivity index (χ0n) is 18.6. The molecule has 0 radical (unpaired) electrons. The Balaban J connectivity index is 1.87. The molecule has 0 aliphatic carbocycles. The van der Waals surface area contributed by atoms with E-state index >= 15 is 0 Å². The topological polar surface area (TPSA) is 46.9 Å². The fraction of sp³-hybridized carbons (Fsp3) is 0.259. The fourth-order valence-electron chi connectivity index (χ4n) is 4.04. The molecule has 4 nitrogen and oxygen atoms in total. The third-order valence-corrected chi connectivity index (χ3v) is 5.96. The highest BCUT2D eigenvalue weighted by molar-refractivity contribution is 5.99. The Kier molecular flexibility index (Phi) is 5.64. The van der Waals surface area contributed by atoms with E-state index in [1.807, 2.05) is 31.2 Å². The van der Waals surface area contributed by atoms with Gasteiger partial charge in [0.05, 0.1) is 16.6 Å². The predicted octanol–water partition coefficient (Wildman–Crippen LogP) is 6.72. The zero-order chi connectivity index (χ0) is 22.0. The van der Waals surface area contributed by atoms with Crippen LogP contribution in [0.4, 0.5) is 11.6 Å². The minimum atomic E-state index is -0.349. The molecule has 31 heavy (non-hydrogen) atoms. The summed E-state index contributed by atoms with van der Waals surface area (Å²) in [6, 6.07) is 24.7. The highest BCUT2D eigenvalue weighted by Gasteiger charge is 2.28. The second kappa shape index (κ2) is 8.38. The van der Waals surface area contributed by atoms with Crippen molar-refractivity contribution in [3.63, 3.8) is 0 Å². The lowest BCUT2D eigenvalue weighted by atomic mass is 9.93. The number of anilines is 2. The predicted molar refractivity (Wildman–Crippen MR) is 128 cm³/mol. The molecule has 1 N–H and O–H groups in total. The zero-order valence-corrected chi connectivity index (χ0v) is 18.6. The van der Waals surface area contributed by atoms with Crippen LogP contribution in [0.1, 0.15) is 55.6 Å². The minimum Gasteiger partial charge on any atom is -0.326 e. The highest BCUT2D eigenvalue weighted by atomic mass is 16.1. The van der Waals surface area contributed by atoms with E-state index in [0.717, 1.165) is 29.1 Å². The molecule has 158 valence electrons. The molecule has 0 unspecified atom stereocenters. The quantitative estimate of drug-likeness (QED) is 0.343. The van der Waals surface area contributed by atoms with E-state index in [4.69, 9.17) is 4.98 Å². The third kappa shape index (κ3) is 3.98. The van der Waals surface area contributed by atoms with Crippen LogP contribution >= 0.6 is 0 Å². The molecule has 0 spiro atoms. The van der Waals surface area contributed by atoms with Gasteiger partial charge in [0.25, 0.3) is 0 Å². The summed E-state index contributed by atoms with van der Waals surface area (Å²) >= 11 is 0. The summed E-state index contributed by atoms with van der Waals surface area (Å²) in [6.07, 6.45) is 1.49. The molecule has 0 amide bonds. The second-order valence-corrected chi connectivity index (χ2v) is 8.35. The number of hydrogen-bond donors (Lipinski definition) is 1. The van der Waals surface area contributed by atoms with Gasteiger partial charge in [-0.15, -0.1) is 0 Å². The molecular weight excluding hydrogens is 382 g/mol. The summed E-state index contributed by atoms with van der Waals surface area (Å²) in [5.41, 5.74) is 5.64. The molecule has 0 aliphatic rings. The van der Waals surface area contributed by atoms with Gasteiger partial charge in [-0.25, -0.2) is 4.98 Å². The second-order valence-electron chi connectivity index (χ2n) is 8.35. The maximum atomic E-state index is 12.3. The van der Waals surface area contributed by atoms with Crippen molar-refractivity contribution in [1.29, 1.82) is 0 Å². The van der Waals surface area contributed by atoms with Crippen LogP contribution in [0.3, 0.4) is 0 Å². The first kappa shape index (κ1) is 20.9. The van der Waals surface area contributed by atoms with Gasteiger partial charge in [0.15, 0.2) is 5.78 Å². The lowest BCUT2D eigenvalue weighted by Gasteiger charge is -2.30. The number of carbonyl (C=O) groups is 1. The highest BCUT2D eigenvalue weighted by Crippen LogP contribution is 2.35. The molecule has 4 heteroatoms. The maximum Gasteiger partial charge on any atom is 0.209 e. The Morgan fingerprint density at radius 3 is 2.32 bits per heavy atom. The molecule has 1 aromatic heterocycles. The van der Waals surface area contributed by atoms with Gasteiger partial charge in [0.2, 0.25) is 5.95 Å². The van der Waals surface area contributed by atoms with E-state index in [0.29, 0.717) is 12.0 Å². The molecule has 0 saturated carbocycles. The molecule has 3 aromatic carbocycles. The number of nitrogens with zero attached hydrogens (tertiary/aromatic N) is 2. The van der Waals surface area contributed by atoms with Crippen molar-refractivity contribution in [2.75, 3.05) is 5.32 Å². The number of fused-ring (bicyclic) bond motifs is 1. The van der Waals surface area contributed by atoms with Gasteiger partial charge in [0, 0.05) is 17.7 Å². The molecule has 0 fully saturated rings. The first-order chi connectivity index (χ1) is 14.9. The van der Waals surface area contributed by atoms with Gasteiger partial charge in [-0.2, -0.15) is 0 Å². The fourth-order valence-corrected chi connectivity index (χ4v) is 4.04. The number of carbonyl (C=O) groups excluding carboxylic acids is 1. The molecular formula is C27H29N3O. The van der Waals surface area contributed by atoms with Crippen molar-refractivity contribution in [2.45, 2.75) is 46.1 Å². The molecule has 0 bridgehead atoms. The first-order valence-corrected chi connectivity index (χ1v) is 10.9. The number of aryl methyl sites for hydroxylation is 1. The molecule has 0 saturated heterocycles. The maximum absolute atomic E-state index is 12.3. The first-order valence-electron chi connectivity index (χ1n) is 10.9. The van der Waals surface area contributed by atoms with E-state index in [1.165, 1.54) is 11.1 Å². The van der Waals surface area contributed by atoms with Gasteiger partial charge in [-0.1, -0.05) is 56.3 Å². The summed E-state index contributed by atoms with van der Waals surface area (Å²) in [6.45, 7) is 8.43. The van der Waals surface area contributed by atoms with Crippen LogP contribution in [0, 0.1) is 0 Å². The van der Waals surface area contributed by atoms with E-state index in [9.17, 15) is 4.79 Å². The standard InChI is InChI=1S/C27H29N3O/c1-5-19-12-15-22(16-13-19)28-26-29-23-18-20(25(31)6-2)14-17-24(23)30(26)27(3,4)21-10-8-7-9-11-21/h7-18H,5-6H2,1-4H3,(H,28,29). The smallest absolute Gasteiger partial charge is 0.209 e. The number of Topliss-reactive ketones (excluding diaryl/α,β-unsaturated/α-hetero) is 1. The molecule has 4 aromatic rings. The number of aromatic nitrogens is 2. The van der Waals surface area contributed by atoms with Crippen molar-refractivity contribution >= 4 is 28.5 Å². The van der Waals surface area contributed by atoms with Crippen molar-refractivity contribution < 1.29 is 4.79 Å². The van der Waals surface area contributed by atoms with Crippen LogP contribution in [0.2, 0.25) is 0 Å². The van der Waals surface area contributed by atoms with Crippen molar-refractivity contribution in [3.05, 3.63) is 89.5 Å². The van der Waals surface area contributed by atoms with Crippen LogP contribution in [-0.4, -0.2) is 15.3 Å². The van der Waals surface area contributed by atoms with Gasteiger partial charge >= 0.3 is 0 Å². The molecule has 1 heterocycles. The van der Waals surface area contributed by atoms with E-state index < -0.39 is 0 Å². The Morgan fingerprint density at radius 1 is 0.968 bits per heavy atom. The van der Waals surface area contributed by atoms with E-state index in [1.54, 1.807) is 0 Å². The van der Waals surface area contributed by atoms with Crippen LogP contribution in [0.5, 0.6) is 0 Å². The Bertz CT molecular complexity index is 1200. The Labute approximate surface area is 183 Å². The summed E-state index contributed by atoms with van der Waals surface area (Å²) in [5, 5.41) is 3.52. The number of ketones is 1. The average molecular weight is 412 g/mol. The van der Waals surface area contributed by atoms with Gasteiger partial charge in [-0.05, 0) is 61.7 Å². The lowest BCUT2D eigenvalue weighted by molar-refractivity contribution is 0.0988. The van der Waals surface area contributed by atoms with Crippen LogP contribution in [0.15, 0.2) is 72.8 Å². The summed E-state index contributed by atoms with van der Waals surface area (Å²) < 4.78 is 2.23. The summed E-state index contributed by atoms with van der Waals surface area (Å²) in [4.78, 5) is 17.2. The molecule has 0 aliphatic heterocycles. The Hall–Kier alpha value is -3.40. The SMILES string of the molecule is CCC(=O)c1ccc2c(c1)nc(Nc1ccc(CC)cc1)n2C(C)(C)c1ccccc1.